The van der Waals surface area contributed by atoms with E-state index >= 15 is 0 Å². The van der Waals surface area contributed by atoms with Crippen molar-refractivity contribution in [3.63, 3.8) is 0 Å². The van der Waals surface area contributed by atoms with Crippen LogP contribution < -0.4 is 5.73 Å². The van der Waals surface area contributed by atoms with Crippen molar-refractivity contribution in [2.45, 2.75) is 31.6 Å². The van der Waals surface area contributed by atoms with Gasteiger partial charge in [0.05, 0.1) is 0 Å². The van der Waals surface area contributed by atoms with Gasteiger partial charge in [-0.25, -0.2) is 14.4 Å². The molecule has 3 rings (SSSR count). The molecule has 0 radical (unpaired) electrons. The van der Waals surface area contributed by atoms with Gasteiger partial charge >= 0.3 is 0 Å². The average molecular weight is 257 g/mol. The number of halogens is 1. The fourth-order valence-corrected chi connectivity index (χ4v) is 2.67. The van der Waals surface area contributed by atoms with Gasteiger partial charge in [0.15, 0.2) is 5.82 Å². The van der Waals surface area contributed by atoms with Gasteiger partial charge in [-0.1, -0.05) is 25.0 Å². The van der Waals surface area contributed by atoms with Gasteiger partial charge in [-0.05, 0) is 25.0 Å². The van der Waals surface area contributed by atoms with Crippen molar-refractivity contribution in [1.29, 1.82) is 0 Å². The molecule has 1 aromatic carbocycles. The van der Waals surface area contributed by atoms with Crippen molar-refractivity contribution >= 4 is 5.82 Å². The summed E-state index contributed by atoms with van der Waals surface area (Å²) >= 11 is 0. The minimum atomic E-state index is -0.286. The molecule has 0 atom stereocenters. The maximum atomic E-state index is 13.3. The molecule has 0 aliphatic heterocycles. The van der Waals surface area contributed by atoms with Crippen molar-refractivity contribution in [3.8, 4) is 11.4 Å². The summed E-state index contributed by atoms with van der Waals surface area (Å²) in [6.07, 6.45) is 4.78. The van der Waals surface area contributed by atoms with Gasteiger partial charge in [-0.15, -0.1) is 0 Å². The van der Waals surface area contributed by atoms with E-state index in [2.05, 4.69) is 9.97 Å². The highest BCUT2D eigenvalue weighted by molar-refractivity contribution is 5.57. The highest BCUT2D eigenvalue weighted by atomic mass is 19.1. The molecule has 19 heavy (non-hydrogen) atoms. The van der Waals surface area contributed by atoms with Crippen LogP contribution in [0.5, 0.6) is 0 Å². The third-order valence-corrected chi connectivity index (χ3v) is 3.62. The number of rotatable bonds is 2. The average Bonchev–Trinajstić information content (AvgIpc) is 2.92. The number of hydrogen-bond donors (Lipinski definition) is 1. The number of benzene rings is 1. The van der Waals surface area contributed by atoms with Gasteiger partial charge in [0.25, 0.3) is 0 Å². The summed E-state index contributed by atoms with van der Waals surface area (Å²) < 4.78 is 13.3. The van der Waals surface area contributed by atoms with E-state index in [4.69, 9.17) is 5.73 Å². The van der Waals surface area contributed by atoms with Crippen LogP contribution in [0.1, 0.15) is 37.3 Å². The summed E-state index contributed by atoms with van der Waals surface area (Å²) in [5.41, 5.74) is 7.52. The molecule has 3 nitrogen and oxygen atoms in total. The Hall–Kier alpha value is -1.97. The van der Waals surface area contributed by atoms with Gasteiger partial charge < -0.3 is 5.73 Å². The predicted octanol–water partition coefficient (Wildman–Crippen LogP) is 3.52. The van der Waals surface area contributed by atoms with Crippen molar-refractivity contribution in [3.05, 3.63) is 41.8 Å². The Kier molecular flexibility index (Phi) is 3.15. The Morgan fingerprint density at radius 2 is 1.89 bits per heavy atom. The lowest BCUT2D eigenvalue weighted by Crippen LogP contribution is -2.03. The molecule has 2 N–H and O–H groups in total. The van der Waals surface area contributed by atoms with Crippen LogP contribution >= 0.6 is 0 Å². The van der Waals surface area contributed by atoms with E-state index in [0.717, 1.165) is 18.5 Å². The quantitative estimate of drug-likeness (QED) is 0.895. The molecule has 0 bridgehead atoms. The molecule has 1 aromatic heterocycles. The molecule has 0 spiro atoms. The molecule has 0 amide bonds. The summed E-state index contributed by atoms with van der Waals surface area (Å²) in [6.45, 7) is 0. The molecule has 0 saturated heterocycles. The first-order valence-corrected chi connectivity index (χ1v) is 6.63. The fourth-order valence-electron chi connectivity index (χ4n) is 2.67. The molecule has 1 heterocycles. The van der Waals surface area contributed by atoms with Gasteiger partial charge in [-0.2, -0.15) is 0 Å². The zero-order chi connectivity index (χ0) is 13.2. The normalized spacial score (nSPS) is 15.8. The van der Waals surface area contributed by atoms with E-state index in [1.165, 1.54) is 25.0 Å². The second-order valence-electron chi connectivity index (χ2n) is 5.03. The molecular formula is C15H16FN3. The van der Waals surface area contributed by atoms with E-state index in [9.17, 15) is 4.39 Å². The second-order valence-corrected chi connectivity index (χ2v) is 5.03. The SMILES string of the molecule is Nc1cc(C2CCCC2)nc(-c2cccc(F)c2)n1. The summed E-state index contributed by atoms with van der Waals surface area (Å²) in [6, 6.07) is 8.16. The number of nitrogens with zero attached hydrogens (tertiary/aromatic N) is 2. The maximum absolute atomic E-state index is 13.3. The van der Waals surface area contributed by atoms with Gasteiger partial charge in [0, 0.05) is 23.2 Å². The van der Waals surface area contributed by atoms with Gasteiger partial charge in [0.1, 0.15) is 11.6 Å². The minimum absolute atomic E-state index is 0.286. The summed E-state index contributed by atoms with van der Waals surface area (Å²) in [5, 5.41) is 0. The Morgan fingerprint density at radius 1 is 1.11 bits per heavy atom. The summed E-state index contributed by atoms with van der Waals surface area (Å²) in [7, 11) is 0. The lowest BCUT2D eigenvalue weighted by molar-refractivity contribution is 0.628. The standard InChI is InChI=1S/C15H16FN3/c16-12-7-3-6-11(8-12)15-18-13(9-14(17)19-15)10-4-1-2-5-10/h3,6-10H,1-2,4-5H2,(H2,17,18,19). The van der Waals surface area contributed by atoms with Gasteiger partial charge in [0.2, 0.25) is 0 Å². The molecule has 1 saturated carbocycles. The molecule has 98 valence electrons. The Labute approximate surface area is 111 Å². The lowest BCUT2D eigenvalue weighted by atomic mass is 10.0. The third-order valence-electron chi connectivity index (χ3n) is 3.62. The maximum Gasteiger partial charge on any atom is 0.161 e. The number of hydrogen-bond acceptors (Lipinski definition) is 3. The highest BCUT2D eigenvalue weighted by Crippen LogP contribution is 2.34. The van der Waals surface area contributed by atoms with E-state index in [0.29, 0.717) is 23.1 Å². The van der Waals surface area contributed by atoms with Crippen LogP contribution in [0.15, 0.2) is 30.3 Å². The van der Waals surface area contributed by atoms with E-state index in [1.54, 1.807) is 12.1 Å². The smallest absolute Gasteiger partial charge is 0.161 e. The molecule has 2 aromatic rings. The summed E-state index contributed by atoms with van der Waals surface area (Å²) in [5.74, 6) is 1.15. The lowest BCUT2D eigenvalue weighted by Gasteiger charge is -2.11. The van der Waals surface area contributed by atoms with E-state index in [-0.39, 0.29) is 5.82 Å². The first-order chi connectivity index (χ1) is 9.22. The van der Waals surface area contributed by atoms with Crippen LogP contribution in [0, 0.1) is 5.82 Å². The van der Waals surface area contributed by atoms with E-state index in [1.807, 2.05) is 6.07 Å². The number of nitrogen functional groups attached to an aromatic ring is 1. The summed E-state index contributed by atoms with van der Waals surface area (Å²) in [4.78, 5) is 8.79. The van der Waals surface area contributed by atoms with Crippen LogP contribution in [-0.4, -0.2) is 9.97 Å². The molecule has 0 unspecified atom stereocenters. The molecule has 1 aliphatic rings. The Bertz CT molecular complexity index is 592. The predicted molar refractivity (Wildman–Crippen MR) is 73.0 cm³/mol. The number of nitrogens with two attached hydrogens (primary N) is 1. The van der Waals surface area contributed by atoms with Gasteiger partial charge in [-0.3, -0.25) is 0 Å². The van der Waals surface area contributed by atoms with Crippen LogP contribution in [0.4, 0.5) is 10.2 Å². The number of aromatic nitrogens is 2. The topological polar surface area (TPSA) is 51.8 Å². The third kappa shape index (κ3) is 2.57. The zero-order valence-corrected chi connectivity index (χ0v) is 10.6. The minimum Gasteiger partial charge on any atom is -0.384 e. The molecule has 4 heteroatoms. The fraction of sp³-hybridized carbons (Fsp3) is 0.333. The largest absolute Gasteiger partial charge is 0.384 e. The van der Waals surface area contributed by atoms with Crippen LogP contribution in [0.25, 0.3) is 11.4 Å². The van der Waals surface area contributed by atoms with Crippen LogP contribution in [0.2, 0.25) is 0 Å². The monoisotopic (exact) mass is 257 g/mol. The van der Waals surface area contributed by atoms with E-state index < -0.39 is 0 Å². The number of anilines is 1. The van der Waals surface area contributed by atoms with Crippen LogP contribution in [-0.2, 0) is 0 Å². The van der Waals surface area contributed by atoms with Crippen molar-refractivity contribution in [2.75, 3.05) is 5.73 Å². The first-order valence-electron chi connectivity index (χ1n) is 6.63. The Morgan fingerprint density at radius 3 is 2.63 bits per heavy atom. The molecule has 1 fully saturated rings. The van der Waals surface area contributed by atoms with Crippen molar-refractivity contribution in [1.82, 2.24) is 9.97 Å². The van der Waals surface area contributed by atoms with Crippen molar-refractivity contribution in [2.24, 2.45) is 0 Å². The molecular weight excluding hydrogens is 241 g/mol. The zero-order valence-electron chi connectivity index (χ0n) is 10.6. The van der Waals surface area contributed by atoms with Crippen LogP contribution in [0.3, 0.4) is 0 Å². The first kappa shape index (κ1) is 12.1. The highest BCUT2D eigenvalue weighted by Gasteiger charge is 2.20. The second kappa shape index (κ2) is 4.96. The van der Waals surface area contributed by atoms with Crippen molar-refractivity contribution < 1.29 is 4.39 Å². The molecule has 1 aliphatic carbocycles. The Balaban J connectivity index is 2.01.